The van der Waals surface area contributed by atoms with E-state index in [9.17, 15) is 4.79 Å². The molecule has 0 amide bonds. The van der Waals surface area contributed by atoms with Crippen LogP contribution in [0.1, 0.15) is 40.0 Å². The zero-order chi connectivity index (χ0) is 8.28. The Labute approximate surface area is 68.2 Å². The molecule has 1 unspecified atom stereocenters. The highest BCUT2D eigenvalue weighted by molar-refractivity contribution is 5.92. The van der Waals surface area contributed by atoms with Gasteiger partial charge in [0.2, 0.25) is 0 Å². The molecule has 0 spiro atoms. The molecule has 2 atom stereocenters. The molecule has 2 bridgehead atoms. The number of Topliss-reactive ketones (excluding diaryl/α,β-unsaturated/α-hetero) is 1. The van der Waals surface area contributed by atoms with Crippen molar-refractivity contribution in [2.45, 2.75) is 40.0 Å². The molecule has 0 aliphatic heterocycles. The van der Waals surface area contributed by atoms with Crippen LogP contribution in [0.3, 0.4) is 0 Å². The largest absolute Gasteiger partial charge is 0.298 e. The predicted octanol–water partition coefficient (Wildman–Crippen LogP) is 2.40. The maximum Gasteiger partial charge on any atom is 0.144 e. The Kier molecular flexibility index (Phi) is 1.13. The predicted molar refractivity (Wildman–Crippen MR) is 44.2 cm³/mol. The smallest absolute Gasteiger partial charge is 0.144 e. The third-order valence-corrected chi connectivity index (χ3v) is 3.90. The first kappa shape index (κ1) is 7.33. The first-order valence-corrected chi connectivity index (χ1v) is 4.52. The van der Waals surface area contributed by atoms with Gasteiger partial charge in [-0.3, -0.25) is 4.79 Å². The van der Waals surface area contributed by atoms with Crippen LogP contribution in [0.2, 0.25) is 0 Å². The molecule has 0 aromatic carbocycles. The van der Waals surface area contributed by atoms with E-state index in [2.05, 4.69) is 20.8 Å². The van der Waals surface area contributed by atoms with Crippen LogP contribution in [-0.4, -0.2) is 5.78 Å². The lowest BCUT2D eigenvalue weighted by Gasteiger charge is -2.31. The first-order chi connectivity index (χ1) is 4.97. The molecule has 2 saturated carbocycles. The molecule has 62 valence electrons. The Bertz CT molecular complexity index is 210. The van der Waals surface area contributed by atoms with Crippen LogP contribution >= 0.6 is 0 Å². The monoisotopic (exact) mass is 152 g/mol. The van der Waals surface area contributed by atoms with Gasteiger partial charge < -0.3 is 0 Å². The Hall–Kier alpha value is -0.330. The number of rotatable bonds is 0. The molecule has 2 aliphatic rings. The second-order valence-electron chi connectivity index (χ2n) is 5.05. The van der Waals surface area contributed by atoms with Gasteiger partial charge in [0.15, 0.2) is 0 Å². The van der Waals surface area contributed by atoms with E-state index in [1.807, 2.05) is 0 Å². The Morgan fingerprint density at radius 3 is 2.27 bits per heavy atom. The molecule has 2 aliphatic carbocycles. The molecule has 1 nitrogen and oxygen atoms in total. The maximum atomic E-state index is 11.8. The van der Waals surface area contributed by atoms with Crippen molar-refractivity contribution in [3.63, 3.8) is 0 Å². The van der Waals surface area contributed by atoms with E-state index in [4.69, 9.17) is 0 Å². The van der Waals surface area contributed by atoms with Crippen molar-refractivity contribution < 1.29 is 4.79 Å². The van der Waals surface area contributed by atoms with Gasteiger partial charge in [0.1, 0.15) is 5.78 Å². The van der Waals surface area contributed by atoms with Gasteiger partial charge in [-0.2, -0.15) is 0 Å². The van der Waals surface area contributed by atoms with E-state index in [0.717, 1.165) is 12.8 Å². The summed E-state index contributed by atoms with van der Waals surface area (Å²) in [6, 6.07) is 0. The van der Waals surface area contributed by atoms with E-state index in [0.29, 0.717) is 11.7 Å². The van der Waals surface area contributed by atoms with E-state index in [1.54, 1.807) is 0 Å². The van der Waals surface area contributed by atoms with E-state index in [1.165, 1.54) is 6.42 Å². The van der Waals surface area contributed by atoms with Gasteiger partial charge in [-0.05, 0) is 25.2 Å². The molecule has 2 rings (SSSR count). The van der Waals surface area contributed by atoms with E-state index < -0.39 is 0 Å². The normalized spacial score (nSPS) is 46.8. The number of ketones is 1. The molecule has 1 heteroatoms. The summed E-state index contributed by atoms with van der Waals surface area (Å²) < 4.78 is 0. The van der Waals surface area contributed by atoms with Crippen LogP contribution in [0.25, 0.3) is 0 Å². The third-order valence-electron chi connectivity index (χ3n) is 3.90. The molecule has 0 heterocycles. The van der Waals surface area contributed by atoms with E-state index in [-0.39, 0.29) is 10.8 Å². The summed E-state index contributed by atoms with van der Waals surface area (Å²) in [6.07, 6.45) is 3.56. The average molecular weight is 152 g/mol. The summed E-state index contributed by atoms with van der Waals surface area (Å²) in [5.41, 5.74) is 0.0567. The highest BCUT2D eigenvalue weighted by atomic mass is 16.1. The lowest BCUT2D eigenvalue weighted by Crippen LogP contribution is -2.35. The third kappa shape index (κ3) is 0.692. The zero-order valence-electron chi connectivity index (χ0n) is 7.61. The van der Waals surface area contributed by atoms with Gasteiger partial charge in [0.25, 0.3) is 0 Å². The quantitative estimate of drug-likeness (QED) is 0.521. The Morgan fingerprint density at radius 2 is 2.00 bits per heavy atom. The van der Waals surface area contributed by atoms with Crippen molar-refractivity contribution in [1.29, 1.82) is 0 Å². The van der Waals surface area contributed by atoms with Crippen LogP contribution in [0, 0.1) is 16.7 Å². The van der Waals surface area contributed by atoms with Crippen LogP contribution in [0.5, 0.6) is 0 Å². The van der Waals surface area contributed by atoms with Crippen molar-refractivity contribution in [3.8, 4) is 0 Å². The van der Waals surface area contributed by atoms with Crippen molar-refractivity contribution in [2.24, 2.45) is 16.7 Å². The molecule has 0 aromatic rings. The Morgan fingerprint density at radius 1 is 1.36 bits per heavy atom. The number of hydrogen-bond acceptors (Lipinski definition) is 1. The molecule has 0 N–H and O–H groups in total. The van der Waals surface area contributed by atoms with Crippen molar-refractivity contribution in [3.05, 3.63) is 0 Å². The molecular formula is C10H16O. The highest BCUT2D eigenvalue weighted by Crippen LogP contribution is 2.59. The Balaban J connectivity index is 2.42. The second kappa shape index (κ2) is 1.70. The molecule has 11 heavy (non-hydrogen) atoms. The van der Waals surface area contributed by atoms with Gasteiger partial charge in [-0.1, -0.05) is 20.8 Å². The fourth-order valence-electron chi connectivity index (χ4n) is 3.03. The topological polar surface area (TPSA) is 17.1 Å². The van der Waals surface area contributed by atoms with E-state index >= 15 is 0 Å². The van der Waals surface area contributed by atoms with Crippen molar-refractivity contribution >= 4 is 5.78 Å². The van der Waals surface area contributed by atoms with Gasteiger partial charge in [-0.25, -0.2) is 0 Å². The average Bonchev–Trinajstić information content (AvgIpc) is 2.36. The SMILES string of the molecule is CC12CC[C@@H](C1)C(C)(C)C2=O. The van der Waals surface area contributed by atoms with Crippen LogP contribution < -0.4 is 0 Å². The summed E-state index contributed by atoms with van der Waals surface area (Å²) in [5.74, 6) is 1.20. The summed E-state index contributed by atoms with van der Waals surface area (Å²) in [4.78, 5) is 11.8. The summed E-state index contributed by atoms with van der Waals surface area (Å²) in [5, 5.41) is 0. The van der Waals surface area contributed by atoms with Crippen LogP contribution in [0.4, 0.5) is 0 Å². The highest BCUT2D eigenvalue weighted by Gasteiger charge is 2.58. The number of hydrogen-bond donors (Lipinski definition) is 0. The zero-order valence-corrected chi connectivity index (χ0v) is 7.61. The van der Waals surface area contributed by atoms with Gasteiger partial charge in [0.05, 0.1) is 0 Å². The second-order valence-corrected chi connectivity index (χ2v) is 5.05. The lowest BCUT2D eigenvalue weighted by atomic mass is 9.72. The standard InChI is InChI=1S/C10H16O/c1-9(2)7-4-5-10(3,6-7)8(9)11/h7H,4-6H2,1-3H3/t7-,10?/m0/s1. The fraction of sp³-hybridized carbons (Fsp3) is 0.900. The fourth-order valence-corrected chi connectivity index (χ4v) is 3.03. The maximum absolute atomic E-state index is 11.8. The van der Waals surface area contributed by atoms with Gasteiger partial charge in [0, 0.05) is 10.8 Å². The minimum Gasteiger partial charge on any atom is -0.298 e. The number of fused-ring (bicyclic) bond motifs is 2. The summed E-state index contributed by atoms with van der Waals surface area (Å²) in [7, 11) is 0. The number of carbonyl (C=O) groups is 1. The van der Waals surface area contributed by atoms with Gasteiger partial charge >= 0.3 is 0 Å². The summed E-state index contributed by atoms with van der Waals surface area (Å²) >= 11 is 0. The lowest BCUT2D eigenvalue weighted by molar-refractivity contribution is -0.134. The first-order valence-electron chi connectivity index (χ1n) is 4.52. The van der Waals surface area contributed by atoms with Gasteiger partial charge in [-0.15, -0.1) is 0 Å². The van der Waals surface area contributed by atoms with Crippen LogP contribution in [0.15, 0.2) is 0 Å². The van der Waals surface area contributed by atoms with Crippen molar-refractivity contribution in [2.75, 3.05) is 0 Å². The summed E-state index contributed by atoms with van der Waals surface area (Å²) in [6.45, 7) is 6.37. The molecule has 0 aromatic heterocycles. The van der Waals surface area contributed by atoms with Crippen LogP contribution in [-0.2, 0) is 4.79 Å². The minimum atomic E-state index is -0.00694. The molecular weight excluding hydrogens is 136 g/mol. The molecule has 0 radical (unpaired) electrons. The minimum absolute atomic E-state index is 0.00694. The number of carbonyl (C=O) groups excluding carboxylic acids is 1. The molecule has 0 saturated heterocycles. The van der Waals surface area contributed by atoms with Crippen molar-refractivity contribution in [1.82, 2.24) is 0 Å². The molecule has 2 fully saturated rings.